The molecule has 0 radical (unpaired) electrons. The normalized spacial score (nSPS) is 17.9. The second-order valence-corrected chi connectivity index (χ2v) is 7.32. The van der Waals surface area contributed by atoms with Crippen molar-refractivity contribution in [2.75, 3.05) is 33.9 Å². The Morgan fingerprint density at radius 1 is 1.26 bits per heavy atom. The molecule has 2 aromatic rings. The van der Waals surface area contributed by atoms with Gasteiger partial charge in [0, 0.05) is 18.7 Å². The molecule has 1 aliphatic rings. The zero-order chi connectivity index (χ0) is 19.4. The van der Waals surface area contributed by atoms with Crippen LogP contribution in [0.25, 0.3) is 11.5 Å². The van der Waals surface area contributed by atoms with E-state index in [0.29, 0.717) is 11.8 Å². The lowest BCUT2D eigenvalue weighted by Gasteiger charge is -2.32. The fourth-order valence-corrected chi connectivity index (χ4v) is 3.99. The lowest BCUT2D eigenvalue weighted by molar-refractivity contribution is 0.161. The molecular weight excluding hydrogens is 342 g/mol. The average Bonchev–Trinajstić information content (AvgIpc) is 3.02. The molecule has 0 aliphatic carbocycles. The van der Waals surface area contributed by atoms with Gasteiger partial charge >= 0.3 is 0 Å². The van der Waals surface area contributed by atoms with Crippen molar-refractivity contribution in [3.05, 3.63) is 29.2 Å². The molecule has 6 nitrogen and oxygen atoms in total. The van der Waals surface area contributed by atoms with Crippen molar-refractivity contribution in [2.45, 2.75) is 39.7 Å². The van der Waals surface area contributed by atoms with Gasteiger partial charge < -0.3 is 19.6 Å². The maximum absolute atomic E-state index is 6.01. The number of benzene rings is 1. The lowest BCUT2D eigenvalue weighted by atomic mass is 9.95. The van der Waals surface area contributed by atoms with Crippen molar-refractivity contribution < 1.29 is 13.9 Å². The number of aromatic nitrogens is 1. The van der Waals surface area contributed by atoms with E-state index >= 15 is 0 Å². The average molecular weight is 373 g/mol. The zero-order valence-electron chi connectivity index (χ0n) is 16.9. The fourth-order valence-electron chi connectivity index (χ4n) is 3.99. The van der Waals surface area contributed by atoms with Crippen LogP contribution in [0.5, 0.6) is 11.5 Å². The Labute approximate surface area is 161 Å². The van der Waals surface area contributed by atoms with E-state index in [-0.39, 0.29) is 0 Å². The number of rotatable bonds is 7. The number of piperidine rings is 1. The van der Waals surface area contributed by atoms with Gasteiger partial charge in [-0.05, 0) is 64.3 Å². The van der Waals surface area contributed by atoms with E-state index < -0.39 is 0 Å². The molecule has 3 rings (SSSR count). The van der Waals surface area contributed by atoms with Crippen molar-refractivity contribution in [1.29, 1.82) is 0 Å². The highest BCUT2D eigenvalue weighted by atomic mass is 16.5. The summed E-state index contributed by atoms with van der Waals surface area (Å²) in [7, 11) is 3.32. The summed E-state index contributed by atoms with van der Waals surface area (Å²) in [4.78, 5) is 7.26. The summed E-state index contributed by atoms with van der Waals surface area (Å²) in [5.41, 5.74) is 8.53. The second kappa shape index (κ2) is 8.76. The van der Waals surface area contributed by atoms with Gasteiger partial charge in [-0.2, -0.15) is 0 Å². The van der Waals surface area contributed by atoms with Crippen LogP contribution in [-0.4, -0.2) is 43.7 Å². The summed E-state index contributed by atoms with van der Waals surface area (Å²) in [6.45, 7) is 7.73. The fraction of sp³-hybridized carbons (Fsp3) is 0.571. The van der Waals surface area contributed by atoms with E-state index in [4.69, 9.17) is 24.6 Å². The molecule has 1 aromatic heterocycles. The van der Waals surface area contributed by atoms with Gasteiger partial charge in [0.05, 0.1) is 25.5 Å². The van der Waals surface area contributed by atoms with Crippen LogP contribution < -0.4 is 15.2 Å². The van der Waals surface area contributed by atoms with Gasteiger partial charge in [0.1, 0.15) is 17.3 Å². The zero-order valence-corrected chi connectivity index (χ0v) is 16.9. The van der Waals surface area contributed by atoms with Crippen LogP contribution in [0.2, 0.25) is 0 Å². The lowest BCUT2D eigenvalue weighted by Crippen LogP contribution is -2.35. The first-order valence-corrected chi connectivity index (χ1v) is 9.68. The predicted octanol–water partition coefficient (Wildman–Crippen LogP) is 3.54. The van der Waals surface area contributed by atoms with Crippen LogP contribution in [0.15, 0.2) is 16.5 Å². The number of nitrogens with zero attached hydrogens (tertiary/aromatic N) is 2. The number of aryl methyl sites for hydroxylation is 1. The largest absolute Gasteiger partial charge is 0.496 e. The Morgan fingerprint density at radius 2 is 2.07 bits per heavy atom. The van der Waals surface area contributed by atoms with Crippen molar-refractivity contribution in [2.24, 2.45) is 11.7 Å². The van der Waals surface area contributed by atoms with E-state index in [1.54, 1.807) is 14.2 Å². The molecule has 2 heterocycles. The first kappa shape index (κ1) is 19.7. The Hall–Kier alpha value is -2.05. The number of hydrogen-bond donors (Lipinski definition) is 1. The van der Waals surface area contributed by atoms with Gasteiger partial charge in [0.25, 0.3) is 0 Å². The van der Waals surface area contributed by atoms with Gasteiger partial charge in [-0.15, -0.1) is 0 Å². The number of oxazole rings is 1. The van der Waals surface area contributed by atoms with E-state index in [1.165, 1.54) is 12.8 Å². The first-order chi connectivity index (χ1) is 13.1. The summed E-state index contributed by atoms with van der Waals surface area (Å²) in [5, 5.41) is 0. The third-order valence-electron chi connectivity index (χ3n) is 5.45. The molecule has 0 amide bonds. The molecule has 0 bridgehead atoms. The van der Waals surface area contributed by atoms with Crippen molar-refractivity contribution in [1.82, 2.24) is 9.88 Å². The number of hydrogen-bond acceptors (Lipinski definition) is 6. The Kier molecular flexibility index (Phi) is 6.39. The van der Waals surface area contributed by atoms with Crippen LogP contribution in [0.1, 0.15) is 36.3 Å². The molecule has 1 aromatic carbocycles. The third-order valence-corrected chi connectivity index (χ3v) is 5.45. The molecule has 1 atom stereocenters. The Balaban J connectivity index is 1.82. The molecule has 148 valence electrons. The molecule has 1 saturated heterocycles. The third kappa shape index (κ3) is 4.28. The predicted molar refractivity (Wildman–Crippen MR) is 106 cm³/mol. The topological polar surface area (TPSA) is 73.8 Å². The van der Waals surface area contributed by atoms with Crippen molar-refractivity contribution in [3.8, 4) is 23.0 Å². The molecule has 6 heteroatoms. The number of ether oxygens (including phenoxy) is 2. The van der Waals surface area contributed by atoms with E-state index in [1.807, 2.05) is 26.0 Å². The first-order valence-electron chi connectivity index (χ1n) is 9.68. The van der Waals surface area contributed by atoms with Crippen LogP contribution >= 0.6 is 0 Å². The molecule has 0 unspecified atom stereocenters. The van der Waals surface area contributed by atoms with E-state index in [9.17, 15) is 0 Å². The van der Waals surface area contributed by atoms with Gasteiger partial charge in [0.15, 0.2) is 0 Å². The minimum atomic E-state index is 0.598. The molecule has 1 fully saturated rings. The van der Waals surface area contributed by atoms with Crippen LogP contribution in [-0.2, 0) is 6.54 Å². The number of methoxy groups -OCH3 is 2. The quantitative estimate of drug-likeness (QED) is 0.800. The van der Waals surface area contributed by atoms with Gasteiger partial charge in [0.2, 0.25) is 5.89 Å². The Bertz CT molecular complexity index is 770. The monoisotopic (exact) mass is 373 g/mol. The van der Waals surface area contributed by atoms with Crippen LogP contribution in [0.3, 0.4) is 0 Å². The molecular formula is C21H31N3O3. The summed E-state index contributed by atoms with van der Waals surface area (Å²) in [6.07, 6.45) is 3.60. The van der Waals surface area contributed by atoms with Crippen LogP contribution in [0.4, 0.5) is 0 Å². The van der Waals surface area contributed by atoms with Crippen molar-refractivity contribution >= 4 is 0 Å². The number of likely N-dealkylation sites (tertiary alicyclic amines) is 1. The maximum Gasteiger partial charge on any atom is 0.230 e. The van der Waals surface area contributed by atoms with Crippen LogP contribution in [0, 0.1) is 19.8 Å². The highest BCUT2D eigenvalue weighted by Crippen LogP contribution is 2.38. The summed E-state index contributed by atoms with van der Waals surface area (Å²) in [6, 6.07) is 3.87. The molecule has 1 aliphatic heterocycles. The molecule has 27 heavy (non-hydrogen) atoms. The smallest absolute Gasteiger partial charge is 0.230 e. The maximum atomic E-state index is 6.01. The van der Waals surface area contributed by atoms with Gasteiger partial charge in [-0.1, -0.05) is 0 Å². The Morgan fingerprint density at radius 3 is 2.78 bits per heavy atom. The molecule has 2 N–H and O–H groups in total. The minimum absolute atomic E-state index is 0.598. The SMILES string of the molecule is COc1ccc(-c2nc(CN3CCC[C@@H](CCN)C3)c(C)o2)c(OC)c1C. The highest BCUT2D eigenvalue weighted by Gasteiger charge is 2.23. The van der Waals surface area contributed by atoms with Crippen molar-refractivity contribution in [3.63, 3.8) is 0 Å². The minimum Gasteiger partial charge on any atom is -0.496 e. The highest BCUT2D eigenvalue weighted by molar-refractivity contribution is 5.68. The van der Waals surface area contributed by atoms with E-state index in [2.05, 4.69) is 4.90 Å². The van der Waals surface area contributed by atoms with E-state index in [0.717, 1.165) is 66.7 Å². The summed E-state index contributed by atoms with van der Waals surface area (Å²) >= 11 is 0. The molecule has 0 saturated carbocycles. The molecule has 0 spiro atoms. The van der Waals surface area contributed by atoms with Gasteiger partial charge in [-0.25, -0.2) is 4.98 Å². The summed E-state index contributed by atoms with van der Waals surface area (Å²) in [5.74, 6) is 3.68. The second-order valence-electron chi connectivity index (χ2n) is 7.32. The number of nitrogens with two attached hydrogens (primary N) is 1. The summed E-state index contributed by atoms with van der Waals surface area (Å²) < 4.78 is 17.0. The standard InChI is InChI=1S/C21H31N3O3/c1-14-19(25-3)8-7-17(20(14)26-4)21-23-18(15(2)27-21)13-24-11-5-6-16(12-24)9-10-22/h7-8,16H,5-6,9-13,22H2,1-4H3/t16-/m0/s1. The van der Waals surface area contributed by atoms with Gasteiger partial charge in [-0.3, -0.25) is 4.90 Å².